The van der Waals surface area contributed by atoms with Crippen LogP contribution in [0.2, 0.25) is 5.02 Å². The molecule has 0 aliphatic carbocycles. The van der Waals surface area contributed by atoms with Crippen molar-refractivity contribution >= 4 is 29.3 Å². The number of hydrogen-bond donors (Lipinski definition) is 3. The van der Waals surface area contributed by atoms with Gasteiger partial charge in [-0.15, -0.1) is 0 Å². The number of carbonyl (C=O) groups excluding carboxylic acids is 1. The third-order valence-electron chi connectivity index (χ3n) is 3.04. The molecule has 5 nitrogen and oxygen atoms in total. The number of nitrogens with two attached hydrogens (primary N) is 2. The molecule has 0 aliphatic rings. The Bertz CT molecular complexity index is 715. The van der Waals surface area contributed by atoms with E-state index in [-0.39, 0.29) is 10.7 Å². The van der Waals surface area contributed by atoms with Crippen LogP contribution < -0.4 is 17.0 Å². The second-order valence-corrected chi connectivity index (χ2v) is 6.06. The molecule has 7 heteroatoms. The molecule has 2 aromatic rings. The molecule has 2 rings (SSSR count). The Balaban J connectivity index is 2.18. The first-order valence-electron chi connectivity index (χ1n) is 6.63. The topological polar surface area (TPSA) is 90.4 Å². The Morgan fingerprint density at radius 2 is 1.61 bits per heavy atom. The SMILES string of the molecule is COC(=O)/C(NN)=C(/N)Sc1ccc(-c2ccc(Cl)cc2)cc1. The van der Waals surface area contributed by atoms with Crippen molar-refractivity contribution in [3.05, 3.63) is 64.3 Å². The van der Waals surface area contributed by atoms with Gasteiger partial charge in [-0.3, -0.25) is 5.84 Å². The Hall–Kier alpha value is -2.15. The molecule has 0 saturated heterocycles. The van der Waals surface area contributed by atoms with Gasteiger partial charge in [0.25, 0.3) is 0 Å². The monoisotopic (exact) mass is 349 g/mol. The van der Waals surface area contributed by atoms with Crippen molar-refractivity contribution in [2.45, 2.75) is 4.90 Å². The van der Waals surface area contributed by atoms with Crippen LogP contribution in [0.15, 0.2) is 64.2 Å². The van der Waals surface area contributed by atoms with Crippen LogP contribution in [0.25, 0.3) is 11.1 Å². The molecule has 0 heterocycles. The molecule has 0 unspecified atom stereocenters. The zero-order chi connectivity index (χ0) is 16.8. The van der Waals surface area contributed by atoms with Crippen LogP contribution in [0.1, 0.15) is 0 Å². The first kappa shape index (κ1) is 17.2. The lowest BCUT2D eigenvalue weighted by molar-refractivity contribution is -0.136. The minimum absolute atomic E-state index is 0.0271. The van der Waals surface area contributed by atoms with Crippen molar-refractivity contribution in [2.75, 3.05) is 7.11 Å². The van der Waals surface area contributed by atoms with Crippen LogP contribution in [0.3, 0.4) is 0 Å². The molecule has 0 amide bonds. The molecular formula is C16H16ClN3O2S. The summed E-state index contributed by atoms with van der Waals surface area (Å²) in [5.41, 5.74) is 10.3. The standard InChI is InChI=1S/C16H16ClN3O2S/c1-22-16(21)14(20-19)15(18)23-13-8-4-11(5-9-13)10-2-6-12(17)7-3-10/h2-9,20H,18-19H2,1H3/b15-14+. The zero-order valence-electron chi connectivity index (χ0n) is 12.4. The molecule has 0 spiro atoms. The predicted molar refractivity (Wildman–Crippen MR) is 93.3 cm³/mol. The molecule has 0 aromatic heterocycles. The molecule has 0 aliphatic heterocycles. The number of benzene rings is 2. The third kappa shape index (κ3) is 4.41. The minimum atomic E-state index is -0.615. The molecule has 0 atom stereocenters. The number of hydrogen-bond acceptors (Lipinski definition) is 6. The highest BCUT2D eigenvalue weighted by Crippen LogP contribution is 2.28. The number of hydrazine groups is 1. The van der Waals surface area contributed by atoms with Gasteiger partial charge in [0, 0.05) is 9.92 Å². The van der Waals surface area contributed by atoms with Gasteiger partial charge in [0.1, 0.15) is 5.03 Å². The Morgan fingerprint density at radius 1 is 1.09 bits per heavy atom. The summed E-state index contributed by atoms with van der Waals surface area (Å²) in [6, 6.07) is 15.3. The summed E-state index contributed by atoms with van der Waals surface area (Å²) in [4.78, 5) is 12.4. The molecule has 0 radical (unpaired) electrons. The van der Waals surface area contributed by atoms with Gasteiger partial charge in [0.15, 0.2) is 5.70 Å². The number of ether oxygens (including phenoxy) is 1. The fourth-order valence-electron chi connectivity index (χ4n) is 1.87. The van der Waals surface area contributed by atoms with E-state index in [0.717, 1.165) is 16.0 Å². The van der Waals surface area contributed by atoms with Crippen LogP contribution in [0.4, 0.5) is 0 Å². The molecule has 0 fully saturated rings. The maximum atomic E-state index is 11.5. The van der Waals surface area contributed by atoms with Crippen molar-refractivity contribution < 1.29 is 9.53 Å². The summed E-state index contributed by atoms with van der Waals surface area (Å²) < 4.78 is 4.61. The van der Waals surface area contributed by atoms with Gasteiger partial charge in [-0.25, -0.2) is 4.79 Å². The highest BCUT2D eigenvalue weighted by atomic mass is 35.5. The van der Waals surface area contributed by atoms with Crippen LogP contribution in [-0.2, 0) is 9.53 Å². The molecular weight excluding hydrogens is 334 g/mol. The summed E-state index contributed by atoms with van der Waals surface area (Å²) >= 11 is 7.11. The van der Waals surface area contributed by atoms with E-state index in [1.165, 1.54) is 18.9 Å². The van der Waals surface area contributed by atoms with Crippen molar-refractivity contribution in [1.82, 2.24) is 5.43 Å². The normalized spacial score (nSPS) is 11.6. The fraction of sp³-hybridized carbons (Fsp3) is 0.0625. The second-order valence-electron chi connectivity index (χ2n) is 4.51. The van der Waals surface area contributed by atoms with Gasteiger partial charge in [0.2, 0.25) is 0 Å². The molecule has 2 aromatic carbocycles. The number of nitrogens with one attached hydrogen (secondary N) is 1. The molecule has 23 heavy (non-hydrogen) atoms. The van der Waals surface area contributed by atoms with Crippen LogP contribution in [0.5, 0.6) is 0 Å². The fourth-order valence-corrected chi connectivity index (χ4v) is 2.76. The summed E-state index contributed by atoms with van der Waals surface area (Å²) in [6.07, 6.45) is 0. The average Bonchev–Trinajstić information content (AvgIpc) is 2.57. The van der Waals surface area contributed by atoms with Crippen molar-refractivity contribution in [2.24, 2.45) is 11.6 Å². The van der Waals surface area contributed by atoms with Crippen molar-refractivity contribution in [3.63, 3.8) is 0 Å². The highest BCUT2D eigenvalue weighted by Gasteiger charge is 2.14. The van der Waals surface area contributed by atoms with E-state index in [2.05, 4.69) is 10.2 Å². The number of rotatable bonds is 5. The maximum absolute atomic E-state index is 11.5. The first-order valence-corrected chi connectivity index (χ1v) is 7.83. The third-order valence-corrected chi connectivity index (χ3v) is 4.22. The summed E-state index contributed by atoms with van der Waals surface area (Å²) in [6.45, 7) is 0. The van der Waals surface area contributed by atoms with E-state index in [1.807, 2.05) is 48.5 Å². The summed E-state index contributed by atoms with van der Waals surface area (Å²) in [7, 11) is 1.26. The van der Waals surface area contributed by atoms with Crippen LogP contribution >= 0.6 is 23.4 Å². The number of thioether (sulfide) groups is 1. The van der Waals surface area contributed by atoms with E-state index in [9.17, 15) is 4.79 Å². The van der Waals surface area contributed by atoms with Crippen LogP contribution in [-0.4, -0.2) is 13.1 Å². The zero-order valence-corrected chi connectivity index (χ0v) is 13.9. The number of halogens is 1. The summed E-state index contributed by atoms with van der Waals surface area (Å²) in [5.74, 6) is 4.69. The Kier molecular flexibility index (Phi) is 5.92. The van der Waals surface area contributed by atoms with Gasteiger partial charge < -0.3 is 15.9 Å². The van der Waals surface area contributed by atoms with E-state index in [1.54, 1.807) is 0 Å². The van der Waals surface area contributed by atoms with E-state index < -0.39 is 5.97 Å². The van der Waals surface area contributed by atoms with Crippen molar-refractivity contribution in [3.8, 4) is 11.1 Å². The lowest BCUT2D eigenvalue weighted by Crippen LogP contribution is -2.30. The molecule has 120 valence electrons. The predicted octanol–water partition coefficient (Wildman–Crippen LogP) is 2.86. The van der Waals surface area contributed by atoms with E-state index in [4.69, 9.17) is 23.2 Å². The minimum Gasteiger partial charge on any atom is -0.464 e. The maximum Gasteiger partial charge on any atom is 0.358 e. The first-order chi connectivity index (χ1) is 11.0. The highest BCUT2D eigenvalue weighted by molar-refractivity contribution is 8.03. The lowest BCUT2D eigenvalue weighted by Gasteiger charge is -2.09. The van der Waals surface area contributed by atoms with Crippen LogP contribution in [0, 0.1) is 0 Å². The molecule has 5 N–H and O–H groups in total. The van der Waals surface area contributed by atoms with Gasteiger partial charge >= 0.3 is 5.97 Å². The molecule has 0 bridgehead atoms. The van der Waals surface area contributed by atoms with Gasteiger partial charge in [-0.05, 0) is 35.4 Å². The van der Waals surface area contributed by atoms with Gasteiger partial charge in [0.05, 0.1) is 7.11 Å². The van der Waals surface area contributed by atoms with Gasteiger partial charge in [-0.1, -0.05) is 47.6 Å². The van der Waals surface area contributed by atoms with Crippen molar-refractivity contribution in [1.29, 1.82) is 0 Å². The Labute approximate surface area is 143 Å². The van der Waals surface area contributed by atoms with E-state index in [0.29, 0.717) is 5.02 Å². The average molecular weight is 350 g/mol. The largest absolute Gasteiger partial charge is 0.464 e. The quantitative estimate of drug-likeness (QED) is 0.253. The van der Waals surface area contributed by atoms with E-state index >= 15 is 0 Å². The lowest BCUT2D eigenvalue weighted by atomic mass is 10.1. The number of methoxy groups -OCH3 is 1. The molecule has 0 saturated carbocycles. The smallest absolute Gasteiger partial charge is 0.358 e. The number of esters is 1. The van der Waals surface area contributed by atoms with Gasteiger partial charge in [-0.2, -0.15) is 0 Å². The number of carbonyl (C=O) groups is 1. The summed E-state index contributed by atoms with van der Waals surface area (Å²) in [5, 5.41) is 0.932. The Morgan fingerprint density at radius 3 is 2.09 bits per heavy atom. The second kappa shape index (κ2) is 7.92.